The van der Waals surface area contributed by atoms with Crippen molar-refractivity contribution in [2.75, 3.05) is 26.2 Å². The maximum absolute atomic E-state index is 13.8. The smallest absolute Gasteiger partial charge is 0.257 e. The highest BCUT2D eigenvalue weighted by Crippen LogP contribution is 2.18. The van der Waals surface area contributed by atoms with Crippen LogP contribution in [-0.4, -0.2) is 46.9 Å². The Hall–Kier alpha value is -2.41. The largest absolute Gasteiger partial charge is 0.336 e. The standard InChI is InChI=1S/C17H16F3N3O/c18-14-4-3-13(15(19)16(14)20)17(24)23-8-6-22(7-9-23)11-12-2-1-5-21-10-12/h1-5,10H,6-9,11H2. The number of hydrogen-bond acceptors (Lipinski definition) is 3. The Bertz CT molecular complexity index is 731. The molecule has 0 spiro atoms. The summed E-state index contributed by atoms with van der Waals surface area (Å²) in [5, 5.41) is 0. The number of rotatable bonds is 3. The van der Waals surface area contributed by atoms with Gasteiger partial charge in [0, 0.05) is 45.1 Å². The van der Waals surface area contributed by atoms with Gasteiger partial charge in [0.1, 0.15) is 0 Å². The Labute approximate surface area is 137 Å². The van der Waals surface area contributed by atoms with Gasteiger partial charge in [-0.3, -0.25) is 14.7 Å². The zero-order valence-electron chi connectivity index (χ0n) is 12.9. The zero-order chi connectivity index (χ0) is 17.1. The summed E-state index contributed by atoms with van der Waals surface area (Å²) in [6.45, 7) is 2.75. The van der Waals surface area contributed by atoms with Gasteiger partial charge in [-0.1, -0.05) is 6.07 Å². The number of aromatic nitrogens is 1. The minimum Gasteiger partial charge on any atom is -0.336 e. The van der Waals surface area contributed by atoms with Crippen molar-refractivity contribution in [2.45, 2.75) is 6.54 Å². The molecule has 1 aliphatic heterocycles. The van der Waals surface area contributed by atoms with E-state index >= 15 is 0 Å². The number of pyridine rings is 1. The van der Waals surface area contributed by atoms with E-state index in [2.05, 4.69) is 9.88 Å². The molecule has 4 nitrogen and oxygen atoms in total. The van der Waals surface area contributed by atoms with Crippen LogP contribution in [0.3, 0.4) is 0 Å². The number of carbonyl (C=O) groups is 1. The molecule has 1 aromatic carbocycles. The van der Waals surface area contributed by atoms with Crippen LogP contribution < -0.4 is 0 Å². The van der Waals surface area contributed by atoms with Gasteiger partial charge in [-0.15, -0.1) is 0 Å². The molecule has 0 saturated carbocycles. The second-order valence-corrected chi connectivity index (χ2v) is 5.65. The predicted octanol–water partition coefficient (Wildman–Crippen LogP) is 2.46. The highest BCUT2D eigenvalue weighted by Gasteiger charge is 2.26. The fourth-order valence-electron chi connectivity index (χ4n) is 2.72. The van der Waals surface area contributed by atoms with Crippen LogP contribution in [0.2, 0.25) is 0 Å². The molecule has 3 rings (SSSR count). The number of hydrogen-bond donors (Lipinski definition) is 0. The Balaban J connectivity index is 1.62. The van der Waals surface area contributed by atoms with E-state index in [4.69, 9.17) is 0 Å². The number of carbonyl (C=O) groups excluding carboxylic acids is 1. The minimum atomic E-state index is -1.61. The number of halogens is 3. The molecule has 1 fully saturated rings. The summed E-state index contributed by atoms with van der Waals surface area (Å²) >= 11 is 0. The highest BCUT2D eigenvalue weighted by atomic mass is 19.2. The van der Waals surface area contributed by atoms with Gasteiger partial charge in [0.05, 0.1) is 5.56 Å². The fourth-order valence-corrected chi connectivity index (χ4v) is 2.72. The Morgan fingerprint density at radius 1 is 1.04 bits per heavy atom. The molecule has 0 N–H and O–H groups in total. The number of piperazine rings is 1. The molecule has 0 aliphatic carbocycles. The van der Waals surface area contributed by atoms with Crippen molar-refractivity contribution in [2.24, 2.45) is 0 Å². The van der Waals surface area contributed by atoms with E-state index in [-0.39, 0.29) is 0 Å². The lowest BCUT2D eigenvalue weighted by Crippen LogP contribution is -2.48. The summed E-state index contributed by atoms with van der Waals surface area (Å²) in [5.74, 6) is -4.97. The third kappa shape index (κ3) is 3.41. The van der Waals surface area contributed by atoms with Crippen LogP contribution in [0.25, 0.3) is 0 Å². The lowest BCUT2D eigenvalue weighted by atomic mass is 10.1. The molecule has 0 bridgehead atoms. The van der Waals surface area contributed by atoms with Gasteiger partial charge in [0.2, 0.25) is 0 Å². The van der Waals surface area contributed by atoms with Gasteiger partial charge >= 0.3 is 0 Å². The highest BCUT2D eigenvalue weighted by molar-refractivity contribution is 5.94. The van der Waals surface area contributed by atoms with Crippen LogP contribution >= 0.6 is 0 Å². The molecule has 1 aromatic heterocycles. The van der Waals surface area contributed by atoms with Crippen LogP contribution in [0, 0.1) is 17.5 Å². The summed E-state index contributed by atoms with van der Waals surface area (Å²) in [6.07, 6.45) is 3.49. The molecule has 2 heterocycles. The summed E-state index contributed by atoms with van der Waals surface area (Å²) < 4.78 is 40.0. The first-order valence-corrected chi connectivity index (χ1v) is 7.60. The van der Waals surface area contributed by atoms with Gasteiger partial charge in [-0.05, 0) is 23.8 Å². The van der Waals surface area contributed by atoms with Crippen molar-refractivity contribution in [1.29, 1.82) is 0 Å². The first kappa shape index (κ1) is 16.4. The minimum absolute atomic E-state index is 0.400. The first-order valence-electron chi connectivity index (χ1n) is 7.60. The van der Waals surface area contributed by atoms with Crippen LogP contribution in [0.15, 0.2) is 36.7 Å². The van der Waals surface area contributed by atoms with E-state index in [1.54, 1.807) is 12.4 Å². The molecule has 0 atom stereocenters. The zero-order valence-corrected chi connectivity index (χ0v) is 12.9. The van der Waals surface area contributed by atoms with Crippen LogP contribution in [0.4, 0.5) is 13.2 Å². The second kappa shape index (κ2) is 7.00. The monoisotopic (exact) mass is 335 g/mol. The molecule has 24 heavy (non-hydrogen) atoms. The van der Waals surface area contributed by atoms with E-state index in [1.807, 2.05) is 12.1 Å². The van der Waals surface area contributed by atoms with Crippen molar-refractivity contribution in [3.05, 3.63) is 65.2 Å². The van der Waals surface area contributed by atoms with Crippen LogP contribution in [-0.2, 0) is 6.54 Å². The van der Waals surface area contributed by atoms with Crippen LogP contribution in [0.5, 0.6) is 0 Å². The summed E-state index contributed by atoms with van der Waals surface area (Å²) in [7, 11) is 0. The number of benzene rings is 1. The maximum Gasteiger partial charge on any atom is 0.257 e. The lowest BCUT2D eigenvalue weighted by molar-refractivity contribution is 0.0622. The summed E-state index contributed by atoms with van der Waals surface area (Å²) in [4.78, 5) is 20.0. The summed E-state index contributed by atoms with van der Waals surface area (Å²) in [5.41, 5.74) is 0.638. The second-order valence-electron chi connectivity index (χ2n) is 5.65. The molecule has 126 valence electrons. The molecular weight excluding hydrogens is 319 g/mol. The van der Waals surface area contributed by atoms with E-state index < -0.39 is 28.9 Å². The van der Waals surface area contributed by atoms with Crippen molar-refractivity contribution >= 4 is 5.91 Å². The van der Waals surface area contributed by atoms with Crippen molar-refractivity contribution in [3.8, 4) is 0 Å². The molecule has 2 aromatic rings. The number of amides is 1. The summed E-state index contributed by atoms with van der Waals surface area (Å²) in [6, 6.07) is 5.59. The van der Waals surface area contributed by atoms with Crippen molar-refractivity contribution in [3.63, 3.8) is 0 Å². The third-order valence-electron chi connectivity index (χ3n) is 4.05. The van der Waals surface area contributed by atoms with Gasteiger partial charge in [-0.25, -0.2) is 13.2 Å². The first-order chi connectivity index (χ1) is 11.6. The van der Waals surface area contributed by atoms with Gasteiger partial charge in [-0.2, -0.15) is 0 Å². The van der Waals surface area contributed by atoms with E-state index in [9.17, 15) is 18.0 Å². The molecule has 1 aliphatic rings. The Morgan fingerprint density at radius 3 is 2.46 bits per heavy atom. The lowest BCUT2D eigenvalue weighted by Gasteiger charge is -2.34. The third-order valence-corrected chi connectivity index (χ3v) is 4.05. The SMILES string of the molecule is O=C(c1ccc(F)c(F)c1F)N1CCN(Cc2cccnc2)CC1. The molecular formula is C17H16F3N3O. The topological polar surface area (TPSA) is 36.4 Å². The quantitative estimate of drug-likeness (QED) is 0.809. The van der Waals surface area contributed by atoms with Crippen molar-refractivity contribution < 1.29 is 18.0 Å². The Kier molecular flexibility index (Phi) is 4.80. The van der Waals surface area contributed by atoms with E-state index in [0.29, 0.717) is 26.2 Å². The van der Waals surface area contributed by atoms with Gasteiger partial charge in [0.15, 0.2) is 17.5 Å². The molecule has 1 amide bonds. The predicted molar refractivity (Wildman–Crippen MR) is 81.7 cm³/mol. The maximum atomic E-state index is 13.8. The van der Waals surface area contributed by atoms with Crippen LogP contribution in [0.1, 0.15) is 15.9 Å². The van der Waals surface area contributed by atoms with Gasteiger partial charge in [0.25, 0.3) is 5.91 Å². The van der Waals surface area contributed by atoms with Crippen molar-refractivity contribution in [1.82, 2.24) is 14.8 Å². The normalized spacial score (nSPS) is 15.5. The average molecular weight is 335 g/mol. The van der Waals surface area contributed by atoms with E-state index in [1.165, 1.54) is 4.90 Å². The Morgan fingerprint density at radius 2 is 1.79 bits per heavy atom. The molecule has 0 unspecified atom stereocenters. The van der Waals surface area contributed by atoms with E-state index in [0.717, 1.165) is 24.2 Å². The molecule has 0 radical (unpaired) electrons. The fraction of sp³-hybridized carbons (Fsp3) is 0.294. The molecule has 7 heteroatoms. The average Bonchev–Trinajstić information content (AvgIpc) is 2.61. The molecule has 1 saturated heterocycles. The number of nitrogens with zero attached hydrogens (tertiary/aromatic N) is 3. The van der Waals surface area contributed by atoms with Gasteiger partial charge < -0.3 is 4.90 Å².